The lowest BCUT2D eigenvalue weighted by molar-refractivity contribution is 0.0844. The topological polar surface area (TPSA) is 110 Å². The molecule has 34 heavy (non-hydrogen) atoms. The zero-order valence-corrected chi connectivity index (χ0v) is 19.6. The number of aliphatic hydroxyl groups is 1. The Morgan fingerprint density at radius 2 is 2.09 bits per heavy atom. The number of nitrogen functional groups attached to an aromatic ring is 1. The molecule has 0 bridgehead atoms. The second-order valence-electron chi connectivity index (χ2n) is 8.10. The average Bonchev–Trinajstić information content (AvgIpc) is 2.88. The van der Waals surface area contributed by atoms with Crippen molar-refractivity contribution in [3.8, 4) is 11.3 Å². The molecule has 1 saturated heterocycles. The summed E-state index contributed by atoms with van der Waals surface area (Å²) in [6.07, 6.45) is 5.29. The number of aliphatic hydroxyl groups excluding tert-OH is 1. The van der Waals surface area contributed by atoms with Crippen molar-refractivity contribution >= 4 is 23.5 Å². The van der Waals surface area contributed by atoms with Crippen LogP contribution in [0.4, 0.5) is 10.2 Å². The van der Waals surface area contributed by atoms with E-state index in [1.54, 1.807) is 24.0 Å². The van der Waals surface area contributed by atoms with E-state index < -0.39 is 17.8 Å². The smallest absolute Gasteiger partial charge is 0.254 e. The van der Waals surface area contributed by atoms with Gasteiger partial charge in [-0.3, -0.25) is 4.79 Å². The van der Waals surface area contributed by atoms with Crippen molar-refractivity contribution in [3.05, 3.63) is 71.3 Å². The summed E-state index contributed by atoms with van der Waals surface area (Å²) in [7, 11) is 0. The minimum atomic E-state index is -0.706. The van der Waals surface area contributed by atoms with Gasteiger partial charge in [-0.25, -0.2) is 14.4 Å². The third-order valence-corrected chi connectivity index (χ3v) is 6.66. The molecule has 1 amide bonds. The van der Waals surface area contributed by atoms with Crippen LogP contribution < -0.4 is 11.1 Å². The molecule has 1 unspecified atom stereocenters. The first kappa shape index (κ1) is 24.1. The molecule has 3 aromatic rings. The lowest BCUT2D eigenvalue weighted by atomic mass is 9.96. The number of thioether (sulfide) groups is 1. The number of aromatic nitrogens is 2. The first-order valence-corrected chi connectivity index (χ1v) is 12.3. The van der Waals surface area contributed by atoms with Gasteiger partial charge in [-0.2, -0.15) is 0 Å². The summed E-state index contributed by atoms with van der Waals surface area (Å²) in [6, 6.07) is 11.1. The highest BCUT2D eigenvalue weighted by atomic mass is 32.2. The van der Waals surface area contributed by atoms with Crippen LogP contribution in [-0.4, -0.2) is 47.1 Å². The van der Waals surface area contributed by atoms with Crippen LogP contribution in [-0.2, 0) is 4.74 Å². The summed E-state index contributed by atoms with van der Waals surface area (Å²) < 4.78 is 20.4. The Morgan fingerprint density at radius 1 is 1.29 bits per heavy atom. The van der Waals surface area contributed by atoms with Crippen molar-refractivity contribution in [1.82, 2.24) is 15.3 Å². The van der Waals surface area contributed by atoms with E-state index in [2.05, 4.69) is 15.3 Å². The second-order valence-corrected chi connectivity index (χ2v) is 8.97. The Morgan fingerprint density at radius 3 is 2.79 bits per heavy atom. The predicted molar refractivity (Wildman–Crippen MR) is 130 cm³/mol. The van der Waals surface area contributed by atoms with E-state index >= 15 is 4.39 Å². The molecule has 0 spiro atoms. The molecule has 1 aliphatic heterocycles. The van der Waals surface area contributed by atoms with Crippen molar-refractivity contribution in [1.29, 1.82) is 0 Å². The SMILES string of the molecule is CSc1cccc(C(CO)NC(=O)c2ccc(-c3nc(C4CCOCC4)cnc3N)cc2F)c1. The fourth-order valence-corrected chi connectivity index (χ4v) is 4.46. The van der Waals surface area contributed by atoms with Crippen molar-refractivity contribution in [2.75, 3.05) is 31.8 Å². The van der Waals surface area contributed by atoms with Gasteiger partial charge in [0.15, 0.2) is 0 Å². The van der Waals surface area contributed by atoms with Gasteiger partial charge in [0.2, 0.25) is 0 Å². The standard InChI is InChI=1S/C25H27FN4O3S/c1-34-18-4-2-3-16(11-18)22(14-31)30-25(32)19-6-5-17(12-20(19)26)23-24(27)28-13-21(29-23)15-7-9-33-10-8-15/h2-6,11-13,15,22,31H,7-10,14H2,1H3,(H2,27,28)(H,30,32). The molecule has 0 radical (unpaired) electrons. The summed E-state index contributed by atoms with van der Waals surface area (Å²) in [4.78, 5) is 22.7. The molecule has 2 aromatic carbocycles. The van der Waals surface area contributed by atoms with E-state index in [0.29, 0.717) is 24.5 Å². The van der Waals surface area contributed by atoms with Gasteiger partial charge in [0.1, 0.15) is 17.3 Å². The van der Waals surface area contributed by atoms with E-state index in [-0.39, 0.29) is 23.9 Å². The Hall–Kier alpha value is -3.01. The lowest BCUT2D eigenvalue weighted by Gasteiger charge is -2.22. The Balaban J connectivity index is 1.55. The number of amides is 1. The number of hydrogen-bond acceptors (Lipinski definition) is 7. The van der Waals surface area contributed by atoms with Crippen molar-refractivity contribution in [2.45, 2.75) is 29.7 Å². The first-order valence-electron chi connectivity index (χ1n) is 11.1. The van der Waals surface area contributed by atoms with Gasteiger partial charge in [0, 0.05) is 29.6 Å². The van der Waals surface area contributed by atoms with Crippen molar-refractivity contribution in [3.63, 3.8) is 0 Å². The Labute approximate surface area is 202 Å². The third kappa shape index (κ3) is 5.38. The van der Waals surface area contributed by atoms with Gasteiger partial charge in [-0.15, -0.1) is 11.8 Å². The van der Waals surface area contributed by atoms with Crippen molar-refractivity contribution < 1.29 is 19.0 Å². The molecule has 2 heterocycles. The molecule has 4 rings (SSSR count). The maximum Gasteiger partial charge on any atom is 0.254 e. The van der Waals surface area contributed by atoms with Gasteiger partial charge in [-0.1, -0.05) is 18.2 Å². The fourth-order valence-electron chi connectivity index (χ4n) is 3.99. The zero-order valence-electron chi connectivity index (χ0n) is 18.8. The number of benzene rings is 2. The highest BCUT2D eigenvalue weighted by Crippen LogP contribution is 2.30. The summed E-state index contributed by atoms with van der Waals surface area (Å²) in [5, 5.41) is 12.5. The molecule has 1 aromatic heterocycles. The molecule has 1 aliphatic rings. The fraction of sp³-hybridized carbons (Fsp3) is 0.320. The number of carbonyl (C=O) groups is 1. The van der Waals surface area contributed by atoms with Gasteiger partial charge >= 0.3 is 0 Å². The van der Waals surface area contributed by atoms with Gasteiger partial charge in [0.05, 0.1) is 30.1 Å². The molecule has 1 fully saturated rings. The molecule has 1 atom stereocenters. The Bertz CT molecular complexity index is 1170. The Kier molecular flexibility index (Phi) is 7.77. The second kappa shape index (κ2) is 10.9. The third-order valence-electron chi connectivity index (χ3n) is 5.93. The minimum Gasteiger partial charge on any atom is -0.394 e. The largest absolute Gasteiger partial charge is 0.394 e. The van der Waals surface area contributed by atoms with E-state index in [1.165, 1.54) is 12.1 Å². The average molecular weight is 483 g/mol. The van der Waals surface area contributed by atoms with Gasteiger partial charge < -0.3 is 20.9 Å². The van der Waals surface area contributed by atoms with Crippen LogP contribution in [0.15, 0.2) is 53.6 Å². The zero-order chi connectivity index (χ0) is 24.1. The van der Waals surface area contributed by atoms with E-state index in [4.69, 9.17) is 10.5 Å². The van der Waals surface area contributed by atoms with E-state index in [1.807, 2.05) is 30.5 Å². The number of halogens is 1. The van der Waals surface area contributed by atoms with Gasteiger partial charge in [0.25, 0.3) is 5.91 Å². The normalized spacial score (nSPS) is 15.1. The van der Waals surface area contributed by atoms with Crippen molar-refractivity contribution in [2.24, 2.45) is 0 Å². The highest BCUT2D eigenvalue weighted by molar-refractivity contribution is 7.98. The summed E-state index contributed by atoms with van der Waals surface area (Å²) in [5.74, 6) is -0.910. The van der Waals surface area contributed by atoms with Crippen LogP contribution in [0.3, 0.4) is 0 Å². The number of hydrogen-bond donors (Lipinski definition) is 3. The van der Waals surface area contributed by atoms with Crippen LogP contribution >= 0.6 is 11.8 Å². The number of rotatable bonds is 7. The number of nitrogens with two attached hydrogens (primary N) is 1. The highest BCUT2D eigenvalue weighted by Gasteiger charge is 2.22. The number of nitrogens with zero attached hydrogens (tertiary/aromatic N) is 2. The van der Waals surface area contributed by atoms with E-state index in [0.717, 1.165) is 29.0 Å². The molecule has 0 aliphatic carbocycles. The minimum absolute atomic E-state index is 0.129. The van der Waals surface area contributed by atoms with Crippen LogP contribution in [0.2, 0.25) is 0 Å². The van der Waals surface area contributed by atoms with E-state index in [9.17, 15) is 9.90 Å². The molecular formula is C25H27FN4O3S. The molecule has 9 heteroatoms. The van der Waals surface area contributed by atoms with Crippen LogP contribution in [0.5, 0.6) is 0 Å². The van der Waals surface area contributed by atoms with Crippen LogP contribution in [0, 0.1) is 5.82 Å². The molecule has 178 valence electrons. The van der Waals surface area contributed by atoms with Gasteiger partial charge in [-0.05, 0) is 48.9 Å². The summed E-state index contributed by atoms with van der Waals surface area (Å²) in [5.41, 5.74) is 8.28. The molecule has 4 N–H and O–H groups in total. The number of nitrogens with one attached hydrogen (secondary N) is 1. The lowest BCUT2D eigenvalue weighted by Crippen LogP contribution is -2.31. The maximum atomic E-state index is 15.0. The first-order chi connectivity index (χ1) is 16.5. The van der Waals surface area contributed by atoms with Crippen LogP contribution in [0.1, 0.15) is 46.4 Å². The van der Waals surface area contributed by atoms with Crippen LogP contribution in [0.25, 0.3) is 11.3 Å². The summed E-state index contributed by atoms with van der Waals surface area (Å²) >= 11 is 1.56. The molecule has 0 saturated carbocycles. The number of ether oxygens (including phenoxy) is 1. The number of anilines is 1. The number of carbonyl (C=O) groups excluding carboxylic acids is 1. The monoisotopic (exact) mass is 482 g/mol. The predicted octanol–water partition coefficient (Wildman–Crippen LogP) is 3.94. The molecular weight excluding hydrogens is 455 g/mol. The quantitative estimate of drug-likeness (QED) is 0.438. The molecule has 7 nitrogen and oxygen atoms in total. The maximum absolute atomic E-state index is 15.0. The summed E-state index contributed by atoms with van der Waals surface area (Å²) in [6.45, 7) is 1.02.